The Morgan fingerprint density at radius 3 is 2.96 bits per heavy atom. The zero-order valence-electron chi connectivity index (χ0n) is 14.2. The Hall–Kier alpha value is -2.90. The second kappa shape index (κ2) is 6.92. The van der Waals surface area contributed by atoms with Gasteiger partial charge < -0.3 is 19.7 Å². The number of rotatable bonds is 5. The highest BCUT2D eigenvalue weighted by Gasteiger charge is 2.36. The van der Waals surface area contributed by atoms with E-state index in [1.807, 2.05) is 19.9 Å². The number of aliphatic carboxylic acids is 1. The fraction of sp³-hybridized carbons (Fsp3) is 0.412. The summed E-state index contributed by atoms with van der Waals surface area (Å²) in [5, 5.41) is 9.44. The number of aromatic nitrogens is 3. The molecule has 25 heavy (non-hydrogen) atoms. The second-order valence-corrected chi connectivity index (χ2v) is 5.95. The third kappa shape index (κ3) is 3.47. The van der Waals surface area contributed by atoms with E-state index in [-0.39, 0.29) is 25.5 Å². The minimum absolute atomic E-state index is 0.182. The first-order chi connectivity index (χ1) is 12.0. The lowest BCUT2D eigenvalue weighted by atomic mass is 10.0. The van der Waals surface area contributed by atoms with E-state index in [4.69, 9.17) is 4.74 Å². The van der Waals surface area contributed by atoms with Crippen LogP contribution in [-0.2, 0) is 29.0 Å². The number of hydrogen-bond donors (Lipinski definition) is 2. The highest BCUT2D eigenvalue weighted by atomic mass is 16.5. The molecule has 0 fully saturated rings. The normalized spacial score (nSPS) is 16.4. The van der Waals surface area contributed by atoms with Gasteiger partial charge in [-0.25, -0.2) is 9.78 Å². The van der Waals surface area contributed by atoms with Crippen molar-refractivity contribution in [2.45, 2.75) is 39.3 Å². The number of ether oxygens (including phenoxy) is 1. The van der Waals surface area contributed by atoms with Gasteiger partial charge in [0.25, 0.3) is 5.91 Å². The molecule has 2 N–H and O–H groups in total. The highest BCUT2D eigenvalue weighted by molar-refractivity contribution is 5.85. The molecule has 0 spiro atoms. The van der Waals surface area contributed by atoms with E-state index in [1.165, 1.54) is 11.2 Å². The molecule has 1 amide bonds. The number of nitrogens with one attached hydrogen (secondary N) is 1. The van der Waals surface area contributed by atoms with E-state index in [2.05, 4.69) is 15.0 Å². The molecule has 3 rings (SSSR count). The van der Waals surface area contributed by atoms with Crippen LogP contribution < -0.4 is 4.74 Å². The number of carboxylic acids is 1. The van der Waals surface area contributed by atoms with Crippen LogP contribution in [0.3, 0.4) is 0 Å². The zero-order chi connectivity index (χ0) is 18.0. The molecule has 3 heterocycles. The smallest absolute Gasteiger partial charge is 0.326 e. The summed E-state index contributed by atoms with van der Waals surface area (Å²) in [4.78, 5) is 36.9. The Labute approximate surface area is 144 Å². The van der Waals surface area contributed by atoms with Crippen LogP contribution in [0.15, 0.2) is 18.5 Å². The molecule has 1 atom stereocenters. The molecule has 0 unspecified atom stereocenters. The Morgan fingerprint density at radius 2 is 2.24 bits per heavy atom. The van der Waals surface area contributed by atoms with Crippen molar-refractivity contribution < 1.29 is 19.4 Å². The van der Waals surface area contributed by atoms with Crippen LogP contribution >= 0.6 is 0 Å². The molecule has 0 radical (unpaired) electrons. The fourth-order valence-electron chi connectivity index (χ4n) is 2.92. The van der Waals surface area contributed by atoms with Crippen molar-refractivity contribution in [1.82, 2.24) is 19.9 Å². The van der Waals surface area contributed by atoms with Crippen molar-refractivity contribution in [3.8, 4) is 5.75 Å². The number of fused-ring (bicyclic) bond motifs is 1. The van der Waals surface area contributed by atoms with Gasteiger partial charge in [-0.2, -0.15) is 0 Å². The average molecular weight is 344 g/mol. The Kier molecular flexibility index (Phi) is 4.69. The lowest BCUT2D eigenvalue weighted by molar-refractivity contribution is -0.152. The first-order valence-corrected chi connectivity index (χ1v) is 8.12. The van der Waals surface area contributed by atoms with Crippen LogP contribution in [0.5, 0.6) is 5.75 Å². The number of pyridine rings is 1. The summed E-state index contributed by atoms with van der Waals surface area (Å²) in [6.45, 7) is 3.80. The molecular weight excluding hydrogens is 324 g/mol. The number of H-pyrrole nitrogens is 1. The molecule has 1 aliphatic rings. The summed E-state index contributed by atoms with van der Waals surface area (Å²) in [5.41, 5.74) is 3.10. The Balaban J connectivity index is 1.73. The molecule has 0 saturated heterocycles. The Morgan fingerprint density at radius 1 is 1.44 bits per heavy atom. The van der Waals surface area contributed by atoms with Gasteiger partial charge in [-0.15, -0.1) is 0 Å². The van der Waals surface area contributed by atoms with Crippen LogP contribution in [0.1, 0.15) is 29.7 Å². The van der Waals surface area contributed by atoms with Crippen molar-refractivity contribution >= 4 is 11.9 Å². The quantitative estimate of drug-likeness (QED) is 0.840. The molecule has 0 aromatic carbocycles. The fourth-order valence-corrected chi connectivity index (χ4v) is 2.92. The Bertz CT molecular complexity index is 802. The van der Waals surface area contributed by atoms with Gasteiger partial charge in [0.1, 0.15) is 11.8 Å². The van der Waals surface area contributed by atoms with E-state index >= 15 is 0 Å². The average Bonchev–Trinajstić information content (AvgIpc) is 3.06. The van der Waals surface area contributed by atoms with E-state index in [9.17, 15) is 14.7 Å². The van der Waals surface area contributed by atoms with Crippen LogP contribution in [0.4, 0.5) is 0 Å². The maximum Gasteiger partial charge on any atom is 0.326 e. The number of aromatic amines is 1. The molecule has 2 aromatic heterocycles. The van der Waals surface area contributed by atoms with E-state index in [0.29, 0.717) is 17.9 Å². The van der Waals surface area contributed by atoms with Gasteiger partial charge in [-0.1, -0.05) is 6.92 Å². The standard InChI is InChI=1S/C17H20N4O4/c1-3-11-15(5-4-10(2)20-11)25-8-16(22)21-7-13-12(18-9-19-13)6-14(21)17(23)24/h4-5,9,14H,3,6-8H2,1-2H3,(H,18,19)(H,23,24)/t14-/m0/s1. The predicted octanol–water partition coefficient (Wildman–Crippen LogP) is 1.09. The largest absolute Gasteiger partial charge is 0.482 e. The lowest BCUT2D eigenvalue weighted by Gasteiger charge is -2.32. The maximum absolute atomic E-state index is 12.6. The van der Waals surface area contributed by atoms with Gasteiger partial charge in [0.2, 0.25) is 0 Å². The number of carbonyl (C=O) groups is 2. The van der Waals surface area contributed by atoms with Crippen molar-refractivity contribution in [3.63, 3.8) is 0 Å². The molecule has 0 aliphatic carbocycles. The summed E-state index contributed by atoms with van der Waals surface area (Å²) < 4.78 is 5.62. The SMILES string of the molecule is CCc1nc(C)ccc1OCC(=O)N1Cc2[nH]cnc2C[C@H]1C(=O)O. The van der Waals surface area contributed by atoms with Crippen LogP contribution in [0.25, 0.3) is 0 Å². The predicted molar refractivity (Wildman–Crippen MR) is 88.1 cm³/mol. The van der Waals surface area contributed by atoms with Crippen molar-refractivity contribution in [2.75, 3.05) is 6.61 Å². The molecular formula is C17H20N4O4. The maximum atomic E-state index is 12.6. The number of nitrogens with zero attached hydrogens (tertiary/aromatic N) is 3. The molecule has 8 heteroatoms. The summed E-state index contributed by atoms with van der Waals surface area (Å²) in [6, 6.07) is 2.66. The summed E-state index contributed by atoms with van der Waals surface area (Å²) >= 11 is 0. The molecule has 1 aliphatic heterocycles. The van der Waals surface area contributed by atoms with Crippen LogP contribution in [0.2, 0.25) is 0 Å². The van der Waals surface area contributed by atoms with Crippen molar-refractivity contribution in [3.05, 3.63) is 41.2 Å². The number of aryl methyl sites for hydroxylation is 2. The molecule has 132 valence electrons. The lowest BCUT2D eigenvalue weighted by Crippen LogP contribution is -2.50. The van der Waals surface area contributed by atoms with E-state index in [1.54, 1.807) is 6.07 Å². The third-order valence-electron chi connectivity index (χ3n) is 4.26. The first kappa shape index (κ1) is 16.9. The van der Waals surface area contributed by atoms with Gasteiger partial charge in [0.05, 0.1) is 30.0 Å². The van der Waals surface area contributed by atoms with Crippen molar-refractivity contribution in [1.29, 1.82) is 0 Å². The monoisotopic (exact) mass is 344 g/mol. The van der Waals surface area contributed by atoms with E-state index < -0.39 is 12.0 Å². The minimum atomic E-state index is -1.05. The van der Waals surface area contributed by atoms with Crippen LogP contribution in [0, 0.1) is 6.92 Å². The number of hydrogen-bond acceptors (Lipinski definition) is 5. The van der Waals surface area contributed by atoms with Gasteiger partial charge in [0.15, 0.2) is 6.61 Å². The highest BCUT2D eigenvalue weighted by Crippen LogP contribution is 2.22. The summed E-state index contributed by atoms with van der Waals surface area (Å²) in [6.07, 6.45) is 2.38. The van der Waals surface area contributed by atoms with Gasteiger partial charge in [0, 0.05) is 12.1 Å². The molecule has 0 saturated carbocycles. The topological polar surface area (TPSA) is 108 Å². The number of amides is 1. The zero-order valence-corrected chi connectivity index (χ0v) is 14.2. The van der Waals surface area contributed by atoms with E-state index in [0.717, 1.165) is 17.1 Å². The van der Waals surface area contributed by atoms with Crippen molar-refractivity contribution in [2.24, 2.45) is 0 Å². The first-order valence-electron chi connectivity index (χ1n) is 8.12. The third-order valence-corrected chi connectivity index (χ3v) is 4.26. The van der Waals surface area contributed by atoms with Gasteiger partial charge in [-0.3, -0.25) is 9.78 Å². The molecule has 2 aromatic rings. The second-order valence-electron chi connectivity index (χ2n) is 5.95. The van der Waals surface area contributed by atoms with Crippen LogP contribution in [-0.4, -0.2) is 49.5 Å². The van der Waals surface area contributed by atoms with Gasteiger partial charge in [-0.05, 0) is 25.5 Å². The number of carbonyl (C=O) groups excluding carboxylic acids is 1. The minimum Gasteiger partial charge on any atom is -0.482 e. The number of carboxylic acid groups (broad SMARTS) is 1. The van der Waals surface area contributed by atoms with Gasteiger partial charge >= 0.3 is 5.97 Å². The summed E-state index contributed by atoms with van der Waals surface area (Å²) in [5.74, 6) is -0.879. The summed E-state index contributed by atoms with van der Waals surface area (Å²) in [7, 11) is 0. The number of imidazole rings is 1. The molecule has 8 nitrogen and oxygen atoms in total. The molecule has 0 bridgehead atoms.